The molecule has 56 valence electrons. The molecule has 0 amide bonds. The summed E-state index contributed by atoms with van der Waals surface area (Å²) in [5, 5.41) is 0.672. The Hall–Kier alpha value is -0.270. The summed E-state index contributed by atoms with van der Waals surface area (Å²) in [4.78, 5) is 10.8. The molecule has 1 nitrogen and oxygen atoms in total. The maximum atomic E-state index is 10.8. The normalized spacial score (nSPS) is 9.00. The third-order valence-corrected chi connectivity index (χ3v) is 1.05. The monoisotopic (exact) mass is 178 g/mol. The summed E-state index contributed by atoms with van der Waals surface area (Å²) >= 11 is 10.7. The fourth-order valence-electron chi connectivity index (χ4n) is 0.490. The highest BCUT2D eigenvalue weighted by Crippen LogP contribution is 2.10. The van der Waals surface area contributed by atoms with Crippen molar-refractivity contribution in [2.75, 3.05) is 0 Å². The molecule has 0 spiro atoms. The summed E-state index contributed by atoms with van der Waals surface area (Å²) in [5.74, 6) is -0.0556. The highest BCUT2D eigenvalue weighted by atomic mass is 35.5. The topological polar surface area (TPSA) is 17.1 Å². The Morgan fingerprint density at radius 3 is 1.60 bits per heavy atom. The van der Waals surface area contributed by atoms with Crippen LogP contribution in [0.2, 0.25) is 0 Å². The molecule has 0 heterocycles. The van der Waals surface area contributed by atoms with Crippen LogP contribution in [0.25, 0.3) is 0 Å². The number of rotatable bonds is 4. The first kappa shape index (κ1) is 9.73. The van der Waals surface area contributed by atoms with Crippen LogP contribution in [0.4, 0.5) is 0 Å². The van der Waals surface area contributed by atoms with Gasteiger partial charge in [0, 0.05) is 22.9 Å². The summed E-state index contributed by atoms with van der Waals surface area (Å²) in [5.41, 5.74) is 0. The van der Waals surface area contributed by atoms with Crippen molar-refractivity contribution in [2.24, 2.45) is 0 Å². The molecule has 0 atom stereocenters. The van der Waals surface area contributed by atoms with Crippen LogP contribution < -0.4 is 0 Å². The van der Waals surface area contributed by atoms with Crippen LogP contribution in [0.5, 0.6) is 0 Å². The number of ketones is 1. The van der Waals surface area contributed by atoms with Gasteiger partial charge in [0.05, 0.1) is 0 Å². The van der Waals surface area contributed by atoms with E-state index in [1.807, 2.05) is 0 Å². The summed E-state index contributed by atoms with van der Waals surface area (Å²) in [7, 11) is 0. The highest BCUT2D eigenvalue weighted by molar-refractivity contribution is 6.32. The average Bonchev–Trinajstić information content (AvgIpc) is 1.58. The summed E-state index contributed by atoms with van der Waals surface area (Å²) in [6.07, 6.45) is 0.348. The maximum Gasteiger partial charge on any atom is 0.143 e. The van der Waals surface area contributed by atoms with Crippen LogP contribution in [0, 0.1) is 0 Å². The lowest BCUT2D eigenvalue weighted by atomic mass is 10.2. The molecule has 0 radical (unpaired) electrons. The van der Waals surface area contributed by atoms with E-state index >= 15 is 0 Å². The smallest absolute Gasteiger partial charge is 0.143 e. The summed E-state index contributed by atoms with van der Waals surface area (Å²) in [6.45, 7) is 6.75. The van der Waals surface area contributed by atoms with Crippen LogP contribution in [0.1, 0.15) is 12.8 Å². The zero-order valence-corrected chi connectivity index (χ0v) is 7.00. The summed E-state index contributed by atoms with van der Waals surface area (Å²) in [6, 6.07) is 0. The molecule has 0 N–H and O–H groups in total. The molecule has 10 heavy (non-hydrogen) atoms. The minimum atomic E-state index is -0.0556. The van der Waals surface area contributed by atoms with Crippen molar-refractivity contribution in [2.45, 2.75) is 12.8 Å². The quantitative estimate of drug-likeness (QED) is 0.648. The van der Waals surface area contributed by atoms with Gasteiger partial charge in [-0.1, -0.05) is 36.4 Å². The van der Waals surface area contributed by atoms with Gasteiger partial charge in [-0.3, -0.25) is 4.79 Å². The Morgan fingerprint density at radius 1 is 1.10 bits per heavy atom. The predicted molar refractivity (Wildman–Crippen MR) is 44.2 cm³/mol. The van der Waals surface area contributed by atoms with Gasteiger partial charge in [0.1, 0.15) is 5.78 Å². The predicted octanol–water partition coefficient (Wildman–Crippen LogP) is 2.84. The van der Waals surface area contributed by atoms with Gasteiger partial charge in [0.25, 0.3) is 0 Å². The van der Waals surface area contributed by atoms with E-state index in [4.69, 9.17) is 23.2 Å². The first-order valence-corrected chi connectivity index (χ1v) is 3.46. The number of hydrogen-bond acceptors (Lipinski definition) is 1. The van der Waals surface area contributed by atoms with Crippen molar-refractivity contribution in [3.8, 4) is 0 Å². The number of hydrogen-bond donors (Lipinski definition) is 0. The van der Waals surface area contributed by atoms with E-state index in [0.29, 0.717) is 10.1 Å². The average molecular weight is 179 g/mol. The lowest BCUT2D eigenvalue weighted by Gasteiger charge is -1.94. The van der Waals surface area contributed by atoms with Crippen molar-refractivity contribution < 1.29 is 4.79 Å². The molecule has 0 rings (SSSR count). The molecule has 0 unspecified atom stereocenters. The number of carbonyl (C=O) groups is 1. The van der Waals surface area contributed by atoms with Crippen LogP contribution in [0.3, 0.4) is 0 Å². The molecule has 3 heteroatoms. The lowest BCUT2D eigenvalue weighted by Crippen LogP contribution is -1.95. The molecule has 0 aromatic rings. The van der Waals surface area contributed by atoms with E-state index < -0.39 is 0 Å². The molecule has 0 saturated heterocycles. The van der Waals surface area contributed by atoms with Crippen LogP contribution in [-0.2, 0) is 4.79 Å². The number of Topliss-reactive ketones (excluding diaryl/α,β-unsaturated/α-hetero) is 1. The zero-order chi connectivity index (χ0) is 8.15. The Balaban J connectivity index is 3.65. The minimum absolute atomic E-state index is 0.0556. The standard InChI is InChI=1S/C7H8Cl2O/c1-5(8)3-7(10)4-6(2)9/h1-4H2. The second-order valence-corrected chi connectivity index (χ2v) is 3.00. The SMILES string of the molecule is C=C(Cl)CC(=O)CC(=C)Cl. The van der Waals surface area contributed by atoms with Gasteiger partial charge in [0.15, 0.2) is 0 Å². The molecule has 0 aliphatic carbocycles. The number of allylic oxidation sites excluding steroid dienone is 2. The van der Waals surface area contributed by atoms with Gasteiger partial charge in [-0.2, -0.15) is 0 Å². The van der Waals surface area contributed by atoms with Gasteiger partial charge in [-0.15, -0.1) is 0 Å². The second-order valence-electron chi connectivity index (χ2n) is 1.93. The largest absolute Gasteiger partial charge is 0.299 e. The molecular weight excluding hydrogens is 171 g/mol. The molecule has 0 aliphatic heterocycles. The molecular formula is C7H8Cl2O. The zero-order valence-electron chi connectivity index (χ0n) is 5.49. The molecule has 0 aliphatic rings. The van der Waals surface area contributed by atoms with Crippen molar-refractivity contribution in [3.63, 3.8) is 0 Å². The third-order valence-electron chi connectivity index (χ3n) is 0.778. The second kappa shape index (κ2) is 4.53. The van der Waals surface area contributed by atoms with E-state index in [1.54, 1.807) is 0 Å². The first-order valence-electron chi connectivity index (χ1n) is 2.70. The van der Waals surface area contributed by atoms with Crippen molar-refractivity contribution in [1.29, 1.82) is 0 Å². The fraction of sp³-hybridized carbons (Fsp3) is 0.286. The first-order chi connectivity index (χ1) is 4.52. The van der Waals surface area contributed by atoms with Crippen molar-refractivity contribution >= 4 is 29.0 Å². The Bertz CT molecular complexity index is 154. The number of carbonyl (C=O) groups excluding carboxylic acids is 1. The van der Waals surface area contributed by atoms with E-state index in [-0.39, 0.29) is 18.6 Å². The third kappa shape index (κ3) is 5.86. The van der Waals surface area contributed by atoms with Crippen LogP contribution >= 0.6 is 23.2 Å². The lowest BCUT2D eigenvalue weighted by molar-refractivity contribution is -0.117. The molecule has 0 aromatic heterocycles. The van der Waals surface area contributed by atoms with Gasteiger partial charge in [0.2, 0.25) is 0 Å². The van der Waals surface area contributed by atoms with Crippen LogP contribution in [-0.4, -0.2) is 5.78 Å². The molecule has 0 fully saturated rings. The van der Waals surface area contributed by atoms with E-state index in [9.17, 15) is 4.79 Å². The van der Waals surface area contributed by atoms with Crippen LogP contribution in [0.15, 0.2) is 23.2 Å². The van der Waals surface area contributed by atoms with Crippen molar-refractivity contribution in [3.05, 3.63) is 23.2 Å². The maximum absolute atomic E-state index is 10.8. The Labute approximate surface area is 70.3 Å². The van der Waals surface area contributed by atoms with Gasteiger partial charge >= 0.3 is 0 Å². The number of halogens is 2. The van der Waals surface area contributed by atoms with Gasteiger partial charge in [-0.05, 0) is 0 Å². The molecule has 0 aromatic carbocycles. The highest BCUT2D eigenvalue weighted by Gasteiger charge is 2.03. The van der Waals surface area contributed by atoms with E-state index in [1.165, 1.54) is 0 Å². The Kier molecular flexibility index (Phi) is 4.41. The molecule has 0 saturated carbocycles. The van der Waals surface area contributed by atoms with Crippen molar-refractivity contribution in [1.82, 2.24) is 0 Å². The summed E-state index contributed by atoms with van der Waals surface area (Å²) < 4.78 is 0. The fourth-order valence-corrected chi connectivity index (χ4v) is 0.788. The van der Waals surface area contributed by atoms with E-state index in [0.717, 1.165) is 0 Å². The molecule has 0 bridgehead atoms. The van der Waals surface area contributed by atoms with E-state index in [2.05, 4.69) is 13.2 Å². The van der Waals surface area contributed by atoms with Gasteiger partial charge < -0.3 is 0 Å². The minimum Gasteiger partial charge on any atom is -0.299 e. The Morgan fingerprint density at radius 2 is 1.40 bits per heavy atom. The van der Waals surface area contributed by atoms with Gasteiger partial charge in [-0.25, -0.2) is 0 Å².